The molecule has 0 radical (unpaired) electrons. The lowest BCUT2D eigenvalue weighted by molar-refractivity contribution is 0.120. The normalized spacial score (nSPS) is 17.7. The highest BCUT2D eigenvalue weighted by Gasteiger charge is 2.17. The number of rotatable bonds is 4. The van der Waals surface area contributed by atoms with Crippen molar-refractivity contribution in [3.63, 3.8) is 0 Å². The Morgan fingerprint density at radius 2 is 2.17 bits per heavy atom. The van der Waals surface area contributed by atoms with E-state index in [1.54, 1.807) is 0 Å². The maximum absolute atomic E-state index is 5.68. The summed E-state index contributed by atoms with van der Waals surface area (Å²) >= 11 is 0. The largest absolute Gasteiger partial charge is 0.376 e. The van der Waals surface area contributed by atoms with Crippen molar-refractivity contribution in [1.82, 2.24) is 14.6 Å². The van der Waals surface area contributed by atoms with E-state index in [2.05, 4.69) is 27.5 Å². The number of ether oxygens (including phenoxy) is 1. The Kier molecular flexibility index (Phi) is 3.71. The van der Waals surface area contributed by atoms with Crippen LogP contribution in [0.5, 0.6) is 0 Å². The minimum Gasteiger partial charge on any atom is -0.376 e. The van der Waals surface area contributed by atoms with Crippen molar-refractivity contribution in [2.75, 3.05) is 18.5 Å². The predicted molar refractivity (Wildman–Crippen MR) is 90.6 cm³/mol. The molecule has 23 heavy (non-hydrogen) atoms. The molecule has 1 aliphatic rings. The molecule has 118 valence electrons. The highest BCUT2D eigenvalue weighted by atomic mass is 16.5. The number of aromatic nitrogens is 3. The average molecular weight is 308 g/mol. The van der Waals surface area contributed by atoms with E-state index in [9.17, 15) is 0 Å². The molecular weight excluding hydrogens is 288 g/mol. The first kappa shape index (κ1) is 14.2. The van der Waals surface area contributed by atoms with Crippen LogP contribution in [-0.4, -0.2) is 33.9 Å². The maximum atomic E-state index is 5.68. The molecule has 1 aromatic carbocycles. The summed E-state index contributed by atoms with van der Waals surface area (Å²) in [6.45, 7) is 3.69. The number of anilines is 1. The Hall–Kier alpha value is -2.40. The second-order valence-corrected chi connectivity index (χ2v) is 5.96. The Labute approximate surface area is 135 Å². The molecule has 0 spiro atoms. The van der Waals surface area contributed by atoms with Crippen molar-refractivity contribution < 1.29 is 4.74 Å². The fourth-order valence-corrected chi connectivity index (χ4v) is 3.06. The first-order valence-corrected chi connectivity index (χ1v) is 8.07. The molecule has 0 aliphatic carbocycles. The van der Waals surface area contributed by atoms with E-state index in [1.807, 2.05) is 41.9 Å². The molecule has 5 nitrogen and oxygen atoms in total. The van der Waals surface area contributed by atoms with E-state index in [4.69, 9.17) is 4.74 Å². The number of hydrogen-bond acceptors (Lipinski definition) is 4. The van der Waals surface area contributed by atoms with E-state index >= 15 is 0 Å². The Morgan fingerprint density at radius 3 is 2.96 bits per heavy atom. The van der Waals surface area contributed by atoms with Gasteiger partial charge in [-0.25, -0.2) is 4.98 Å². The van der Waals surface area contributed by atoms with Gasteiger partial charge in [-0.2, -0.15) is 9.61 Å². The highest BCUT2D eigenvalue weighted by molar-refractivity contribution is 5.78. The van der Waals surface area contributed by atoms with Gasteiger partial charge in [-0.1, -0.05) is 30.3 Å². The summed E-state index contributed by atoms with van der Waals surface area (Å²) in [4.78, 5) is 4.68. The number of aryl methyl sites for hydroxylation is 1. The van der Waals surface area contributed by atoms with Crippen molar-refractivity contribution in [2.24, 2.45) is 0 Å². The molecule has 0 saturated carbocycles. The number of nitrogens with zero attached hydrogens (tertiary/aromatic N) is 3. The van der Waals surface area contributed by atoms with Crippen LogP contribution in [0.2, 0.25) is 0 Å². The zero-order valence-corrected chi connectivity index (χ0v) is 13.2. The Bertz CT molecular complexity index is 807. The zero-order valence-electron chi connectivity index (χ0n) is 13.2. The summed E-state index contributed by atoms with van der Waals surface area (Å²) in [5.41, 5.74) is 4.04. The van der Waals surface area contributed by atoms with Gasteiger partial charge >= 0.3 is 0 Å². The van der Waals surface area contributed by atoms with Crippen LogP contribution in [-0.2, 0) is 4.74 Å². The van der Waals surface area contributed by atoms with Crippen LogP contribution in [0, 0.1) is 6.92 Å². The van der Waals surface area contributed by atoms with Gasteiger partial charge < -0.3 is 10.1 Å². The lowest BCUT2D eigenvalue weighted by Crippen LogP contribution is -2.20. The fraction of sp³-hybridized carbons (Fsp3) is 0.333. The van der Waals surface area contributed by atoms with E-state index in [0.29, 0.717) is 6.10 Å². The smallest absolute Gasteiger partial charge is 0.165 e. The molecule has 0 bridgehead atoms. The molecule has 1 N–H and O–H groups in total. The molecule has 3 aromatic rings. The van der Waals surface area contributed by atoms with Crippen LogP contribution in [0.1, 0.15) is 18.5 Å². The standard InChI is InChI=1S/C18H20N4O/c1-13-10-17(19-11-15-8-5-9-23-15)22-18(21-13)16(12-20-22)14-6-3-2-4-7-14/h2-4,6-7,10,12,15,19H,5,8-9,11H2,1H3/t15-/m1/s1. The van der Waals surface area contributed by atoms with Crippen LogP contribution in [0.15, 0.2) is 42.6 Å². The third kappa shape index (κ3) is 2.80. The van der Waals surface area contributed by atoms with Crippen LogP contribution < -0.4 is 5.32 Å². The first-order valence-electron chi connectivity index (χ1n) is 8.07. The molecule has 0 amide bonds. The first-order chi connectivity index (χ1) is 11.3. The van der Waals surface area contributed by atoms with E-state index < -0.39 is 0 Å². The van der Waals surface area contributed by atoms with E-state index in [1.165, 1.54) is 0 Å². The number of nitrogens with one attached hydrogen (secondary N) is 1. The summed E-state index contributed by atoms with van der Waals surface area (Å²) in [6.07, 6.45) is 4.45. The minimum atomic E-state index is 0.294. The van der Waals surface area contributed by atoms with Crippen LogP contribution in [0.25, 0.3) is 16.8 Å². The molecule has 4 rings (SSSR count). The summed E-state index contributed by atoms with van der Waals surface area (Å²) in [5, 5.41) is 8.00. The molecular formula is C18H20N4O. The van der Waals surface area contributed by atoms with E-state index in [0.717, 1.165) is 54.3 Å². The van der Waals surface area contributed by atoms with Gasteiger partial charge in [-0.15, -0.1) is 0 Å². The lowest BCUT2D eigenvalue weighted by atomic mass is 10.1. The fourth-order valence-electron chi connectivity index (χ4n) is 3.06. The van der Waals surface area contributed by atoms with Gasteiger partial charge in [0.1, 0.15) is 5.82 Å². The number of benzene rings is 1. The van der Waals surface area contributed by atoms with Gasteiger partial charge in [0, 0.05) is 30.5 Å². The molecule has 2 aromatic heterocycles. The second kappa shape index (κ2) is 6.01. The summed E-state index contributed by atoms with van der Waals surface area (Å²) in [6, 6.07) is 12.3. The van der Waals surface area contributed by atoms with Gasteiger partial charge in [-0.3, -0.25) is 0 Å². The molecule has 1 fully saturated rings. The zero-order chi connectivity index (χ0) is 15.6. The molecule has 5 heteroatoms. The Balaban J connectivity index is 1.70. The van der Waals surface area contributed by atoms with Crippen molar-refractivity contribution in [3.05, 3.63) is 48.3 Å². The maximum Gasteiger partial charge on any atom is 0.165 e. The summed E-state index contributed by atoms with van der Waals surface area (Å²) in [7, 11) is 0. The SMILES string of the molecule is Cc1cc(NC[C@H]2CCCO2)n2ncc(-c3ccccc3)c2n1. The van der Waals surface area contributed by atoms with Crippen molar-refractivity contribution >= 4 is 11.5 Å². The Morgan fingerprint density at radius 1 is 1.30 bits per heavy atom. The topological polar surface area (TPSA) is 51.5 Å². The number of fused-ring (bicyclic) bond motifs is 1. The van der Waals surface area contributed by atoms with Crippen molar-refractivity contribution in [3.8, 4) is 11.1 Å². The summed E-state index contributed by atoms with van der Waals surface area (Å²) in [5.74, 6) is 0.963. The molecule has 0 unspecified atom stereocenters. The van der Waals surface area contributed by atoms with Gasteiger partial charge in [0.05, 0.1) is 12.3 Å². The van der Waals surface area contributed by atoms with Crippen LogP contribution in [0.3, 0.4) is 0 Å². The minimum absolute atomic E-state index is 0.294. The third-order valence-corrected chi connectivity index (χ3v) is 4.22. The predicted octanol–water partition coefficient (Wildman–Crippen LogP) is 3.30. The van der Waals surface area contributed by atoms with Crippen LogP contribution >= 0.6 is 0 Å². The lowest BCUT2D eigenvalue weighted by Gasteiger charge is -2.13. The molecule has 1 atom stereocenters. The van der Waals surface area contributed by atoms with E-state index in [-0.39, 0.29) is 0 Å². The summed E-state index contributed by atoms with van der Waals surface area (Å²) < 4.78 is 7.56. The molecule has 1 aliphatic heterocycles. The highest BCUT2D eigenvalue weighted by Crippen LogP contribution is 2.25. The van der Waals surface area contributed by atoms with Gasteiger partial charge in [0.15, 0.2) is 5.65 Å². The van der Waals surface area contributed by atoms with Crippen molar-refractivity contribution in [2.45, 2.75) is 25.9 Å². The second-order valence-electron chi connectivity index (χ2n) is 5.96. The monoisotopic (exact) mass is 308 g/mol. The quantitative estimate of drug-likeness (QED) is 0.803. The van der Waals surface area contributed by atoms with Crippen LogP contribution in [0.4, 0.5) is 5.82 Å². The van der Waals surface area contributed by atoms with Gasteiger partial charge in [0.2, 0.25) is 0 Å². The van der Waals surface area contributed by atoms with Gasteiger partial charge in [-0.05, 0) is 25.3 Å². The van der Waals surface area contributed by atoms with Gasteiger partial charge in [0.25, 0.3) is 0 Å². The number of hydrogen-bond donors (Lipinski definition) is 1. The van der Waals surface area contributed by atoms with Crippen molar-refractivity contribution in [1.29, 1.82) is 0 Å². The average Bonchev–Trinajstić information content (AvgIpc) is 3.23. The molecule has 1 saturated heterocycles. The third-order valence-electron chi connectivity index (χ3n) is 4.22. The molecule has 3 heterocycles.